The van der Waals surface area contributed by atoms with E-state index in [0.29, 0.717) is 54.4 Å². The molecule has 1 N–H and O–H groups in total. The monoisotopic (exact) mass is 430 g/mol. The van der Waals surface area contributed by atoms with Crippen molar-refractivity contribution in [3.63, 3.8) is 0 Å². The van der Waals surface area contributed by atoms with Crippen LogP contribution in [0.2, 0.25) is 0 Å². The molecule has 2 heterocycles. The highest BCUT2D eigenvalue weighted by atomic mass is 32.1. The molecule has 0 atom stereocenters. The molecule has 6 nitrogen and oxygen atoms in total. The Hall–Kier alpha value is -1.89. The SMILES string of the molecule is CCOC(=O)c1c(NC(=O)C23CC4CC(CC(C4)C2)C3)sc2c1CCN(C(C)=O)C2. The van der Waals surface area contributed by atoms with Gasteiger partial charge in [0.1, 0.15) is 5.00 Å². The lowest BCUT2D eigenvalue weighted by atomic mass is 9.49. The van der Waals surface area contributed by atoms with E-state index in [1.807, 2.05) is 0 Å². The molecule has 0 radical (unpaired) electrons. The average molecular weight is 431 g/mol. The van der Waals surface area contributed by atoms with Crippen LogP contribution in [0.3, 0.4) is 0 Å². The number of rotatable bonds is 4. The summed E-state index contributed by atoms with van der Waals surface area (Å²) in [5, 5.41) is 3.80. The van der Waals surface area contributed by atoms with Gasteiger partial charge < -0.3 is 15.0 Å². The topological polar surface area (TPSA) is 75.7 Å². The third kappa shape index (κ3) is 3.26. The number of carbonyl (C=O) groups excluding carboxylic acids is 3. The summed E-state index contributed by atoms with van der Waals surface area (Å²) in [5.41, 5.74) is 1.19. The number of nitrogens with zero attached hydrogens (tertiary/aromatic N) is 1. The van der Waals surface area contributed by atoms with Crippen molar-refractivity contribution in [1.29, 1.82) is 0 Å². The number of amides is 2. The van der Waals surface area contributed by atoms with Crippen LogP contribution in [0.5, 0.6) is 0 Å². The predicted octanol–water partition coefficient (Wildman–Crippen LogP) is 3.98. The van der Waals surface area contributed by atoms with Gasteiger partial charge in [-0.1, -0.05) is 0 Å². The molecule has 4 saturated carbocycles. The molecule has 0 unspecified atom stereocenters. The van der Waals surface area contributed by atoms with Gasteiger partial charge in [0, 0.05) is 18.3 Å². The Morgan fingerprint density at radius 1 is 1.13 bits per heavy atom. The van der Waals surface area contributed by atoms with Crippen molar-refractivity contribution in [3.8, 4) is 0 Å². The van der Waals surface area contributed by atoms with Crippen LogP contribution in [0.15, 0.2) is 0 Å². The molecule has 30 heavy (non-hydrogen) atoms. The predicted molar refractivity (Wildman–Crippen MR) is 114 cm³/mol. The number of fused-ring (bicyclic) bond motifs is 1. The van der Waals surface area contributed by atoms with E-state index in [-0.39, 0.29) is 23.2 Å². The number of hydrogen-bond donors (Lipinski definition) is 1. The van der Waals surface area contributed by atoms with E-state index in [4.69, 9.17) is 4.74 Å². The normalized spacial score (nSPS) is 31.4. The minimum atomic E-state index is -0.368. The number of hydrogen-bond acceptors (Lipinski definition) is 5. The molecule has 7 heteroatoms. The van der Waals surface area contributed by atoms with Gasteiger partial charge in [0.25, 0.3) is 0 Å². The molecular weight excluding hydrogens is 400 g/mol. The van der Waals surface area contributed by atoms with Crippen LogP contribution in [-0.4, -0.2) is 35.8 Å². The second kappa shape index (κ2) is 7.36. The van der Waals surface area contributed by atoms with Gasteiger partial charge in [-0.25, -0.2) is 4.79 Å². The summed E-state index contributed by atoms with van der Waals surface area (Å²) in [4.78, 5) is 41.0. The lowest BCUT2D eigenvalue weighted by molar-refractivity contribution is -0.140. The summed E-state index contributed by atoms with van der Waals surface area (Å²) in [6.45, 7) is 4.75. The Kier molecular flexibility index (Phi) is 4.92. The zero-order valence-corrected chi connectivity index (χ0v) is 18.6. The Bertz CT molecular complexity index is 870. The van der Waals surface area contributed by atoms with E-state index in [1.54, 1.807) is 18.7 Å². The summed E-state index contributed by atoms with van der Waals surface area (Å²) in [6.07, 6.45) is 7.44. The van der Waals surface area contributed by atoms with Crippen LogP contribution in [0.25, 0.3) is 0 Å². The third-order valence-electron chi connectivity index (χ3n) is 7.73. The van der Waals surface area contributed by atoms with Crippen molar-refractivity contribution in [3.05, 3.63) is 16.0 Å². The van der Waals surface area contributed by atoms with Crippen molar-refractivity contribution >= 4 is 34.1 Å². The lowest BCUT2D eigenvalue weighted by Gasteiger charge is -2.55. The van der Waals surface area contributed by atoms with Gasteiger partial charge in [-0.2, -0.15) is 0 Å². The van der Waals surface area contributed by atoms with E-state index in [9.17, 15) is 14.4 Å². The quantitative estimate of drug-likeness (QED) is 0.733. The summed E-state index contributed by atoms with van der Waals surface area (Å²) in [6, 6.07) is 0. The van der Waals surface area contributed by atoms with Gasteiger partial charge in [0.2, 0.25) is 11.8 Å². The molecular formula is C23H30N2O4S. The molecule has 6 rings (SSSR count). The highest BCUT2D eigenvalue weighted by molar-refractivity contribution is 7.17. The van der Waals surface area contributed by atoms with Crippen molar-refractivity contribution in [2.75, 3.05) is 18.5 Å². The first kappa shape index (κ1) is 20.0. The van der Waals surface area contributed by atoms with E-state index in [0.717, 1.165) is 29.7 Å². The van der Waals surface area contributed by atoms with E-state index >= 15 is 0 Å². The number of nitrogens with one attached hydrogen (secondary N) is 1. The first-order valence-electron chi connectivity index (χ1n) is 11.3. The summed E-state index contributed by atoms with van der Waals surface area (Å²) < 4.78 is 5.33. The van der Waals surface area contributed by atoms with Crippen LogP contribution in [0.1, 0.15) is 73.2 Å². The fourth-order valence-electron chi connectivity index (χ4n) is 6.80. The van der Waals surface area contributed by atoms with Gasteiger partial charge in [0.15, 0.2) is 0 Å². The average Bonchev–Trinajstić information content (AvgIpc) is 3.04. The van der Waals surface area contributed by atoms with Gasteiger partial charge >= 0.3 is 5.97 Å². The number of anilines is 1. The van der Waals surface area contributed by atoms with Crippen LogP contribution < -0.4 is 5.32 Å². The standard InChI is InChI=1S/C23H30N2O4S/c1-3-29-21(27)19-17-4-5-25(13(2)26)12-18(17)30-20(19)24-22(28)23-9-14-6-15(10-23)8-16(7-14)11-23/h14-16H,3-12H2,1-2H3,(H,24,28). The van der Waals surface area contributed by atoms with E-state index in [1.165, 1.54) is 30.6 Å². The van der Waals surface area contributed by atoms with Crippen molar-refractivity contribution in [1.82, 2.24) is 4.90 Å². The maximum atomic E-state index is 13.6. The number of thiophene rings is 1. The molecule has 162 valence electrons. The molecule has 0 spiro atoms. The maximum absolute atomic E-state index is 13.6. The van der Waals surface area contributed by atoms with Crippen LogP contribution in [0.4, 0.5) is 5.00 Å². The highest BCUT2D eigenvalue weighted by Gasteiger charge is 2.54. The Labute approximate surface area is 181 Å². The van der Waals surface area contributed by atoms with Gasteiger partial charge in [-0.3, -0.25) is 9.59 Å². The fourth-order valence-corrected chi connectivity index (χ4v) is 8.05. The zero-order valence-electron chi connectivity index (χ0n) is 17.8. The molecule has 4 bridgehead atoms. The summed E-state index contributed by atoms with van der Waals surface area (Å²) in [7, 11) is 0. The van der Waals surface area contributed by atoms with Crippen LogP contribution in [-0.2, 0) is 27.3 Å². The number of carbonyl (C=O) groups is 3. The van der Waals surface area contributed by atoms with Crippen molar-refractivity contribution in [2.24, 2.45) is 23.2 Å². The molecule has 5 aliphatic rings. The molecule has 1 aliphatic heterocycles. The smallest absolute Gasteiger partial charge is 0.341 e. The number of ether oxygens (including phenoxy) is 1. The zero-order chi connectivity index (χ0) is 21.0. The molecule has 1 aromatic rings. The van der Waals surface area contributed by atoms with Crippen LogP contribution >= 0.6 is 11.3 Å². The van der Waals surface area contributed by atoms with Gasteiger partial charge in [-0.15, -0.1) is 11.3 Å². The largest absolute Gasteiger partial charge is 0.462 e. The summed E-state index contributed by atoms with van der Waals surface area (Å²) in [5.74, 6) is 1.82. The summed E-state index contributed by atoms with van der Waals surface area (Å²) >= 11 is 1.44. The Balaban J connectivity index is 1.44. The van der Waals surface area contributed by atoms with Crippen molar-refractivity contribution in [2.45, 2.75) is 65.3 Å². The molecule has 4 aliphatic carbocycles. The Morgan fingerprint density at radius 3 is 2.33 bits per heavy atom. The first-order chi connectivity index (χ1) is 14.4. The first-order valence-corrected chi connectivity index (χ1v) is 12.1. The molecule has 0 aromatic carbocycles. The molecule has 2 amide bonds. The lowest BCUT2D eigenvalue weighted by Crippen LogP contribution is -2.51. The highest BCUT2D eigenvalue weighted by Crippen LogP contribution is 2.60. The van der Waals surface area contributed by atoms with Gasteiger partial charge in [0.05, 0.1) is 24.1 Å². The molecule has 1 aromatic heterocycles. The Morgan fingerprint density at radius 2 is 1.77 bits per heavy atom. The van der Waals surface area contributed by atoms with Gasteiger partial charge in [-0.05, 0) is 75.2 Å². The fraction of sp³-hybridized carbons (Fsp3) is 0.696. The third-order valence-corrected chi connectivity index (χ3v) is 8.86. The maximum Gasteiger partial charge on any atom is 0.341 e. The van der Waals surface area contributed by atoms with E-state index in [2.05, 4.69) is 5.32 Å². The molecule has 4 fully saturated rings. The molecule has 0 saturated heterocycles. The van der Waals surface area contributed by atoms with Crippen LogP contribution in [0, 0.1) is 23.2 Å². The minimum absolute atomic E-state index is 0.0332. The van der Waals surface area contributed by atoms with E-state index < -0.39 is 0 Å². The second-order valence-electron chi connectivity index (χ2n) is 9.77. The second-order valence-corrected chi connectivity index (χ2v) is 10.9. The minimum Gasteiger partial charge on any atom is -0.462 e. The van der Waals surface area contributed by atoms with Crippen molar-refractivity contribution < 1.29 is 19.1 Å². The number of esters is 1.